The fourth-order valence-electron chi connectivity index (χ4n) is 1.86. The first-order valence-electron chi connectivity index (χ1n) is 7.16. The van der Waals surface area contributed by atoms with Crippen LogP contribution >= 0.6 is 23.5 Å². The summed E-state index contributed by atoms with van der Waals surface area (Å²) in [5.41, 5.74) is 0. The van der Waals surface area contributed by atoms with Crippen molar-refractivity contribution in [1.82, 2.24) is 4.72 Å². The lowest BCUT2D eigenvalue weighted by Crippen LogP contribution is -2.36. The Bertz CT molecular complexity index is 528. The highest BCUT2D eigenvalue weighted by Crippen LogP contribution is 2.54. The molecule has 0 unspecified atom stereocenters. The Balaban J connectivity index is 2.98. The van der Waals surface area contributed by atoms with E-state index in [1.54, 1.807) is 26.0 Å². The van der Waals surface area contributed by atoms with Gasteiger partial charge < -0.3 is 9.05 Å². The van der Waals surface area contributed by atoms with Gasteiger partial charge in [-0.25, -0.2) is 8.93 Å². The predicted octanol–water partition coefficient (Wildman–Crippen LogP) is 4.31. The topological polar surface area (TPSA) is 64.6 Å². The van der Waals surface area contributed by atoms with Crippen molar-refractivity contribution in [2.75, 3.05) is 13.2 Å². The van der Waals surface area contributed by atoms with E-state index in [1.807, 2.05) is 26.0 Å². The van der Waals surface area contributed by atoms with Gasteiger partial charge in [0.25, 0.3) is 0 Å². The maximum Gasteiger partial charge on any atom is 0.348 e. The van der Waals surface area contributed by atoms with E-state index < -0.39 is 24.4 Å². The first-order chi connectivity index (χ1) is 10.3. The summed E-state index contributed by atoms with van der Waals surface area (Å²) in [6, 6.07) is 7.11. The number of nitrogens with one attached hydrogen (secondary N) is 1. The van der Waals surface area contributed by atoms with Crippen LogP contribution in [0.5, 0.6) is 0 Å². The second-order valence-corrected chi connectivity index (χ2v) is 9.22. The smallest absolute Gasteiger partial charge is 0.308 e. The zero-order valence-corrected chi connectivity index (χ0v) is 16.5. The zero-order chi connectivity index (χ0) is 16.8. The minimum absolute atomic E-state index is 0.0664. The number of benzene rings is 1. The van der Waals surface area contributed by atoms with E-state index >= 15 is 0 Å². The monoisotopic (exact) mass is 411 g/mol. The molecule has 0 aliphatic carbocycles. The Morgan fingerprint density at radius 1 is 1.18 bits per heavy atom. The maximum atomic E-state index is 12.9. The van der Waals surface area contributed by atoms with Crippen LogP contribution in [0.25, 0.3) is 0 Å². The quantitative estimate of drug-likeness (QED) is 0.614. The van der Waals surface area contributed by atoms with E-state index in [2.05, 4.69) is 20.7 Å². The summed E-state index contributed by atoms with van der Waals surface area (Å²) in [5, 5.41) is 0. The number of halogens is 1. The van der Waals surface area contributed by atoms with E-state index in [4.69, 9.17) is 9.05 Å². The van der Waals surface area contributed by atoms with E-state index in [9.17, 15) is 8.77 Å². The Kier molecular flexibility index (Phi) is 8.46. The van der Waals surface area contributed by atoms with Gasteiger partial charge in [-0.3, -0.25) is 4.57 Å². The standard InChI is InChI=1S/C14H23BrNO4PS/c1-5-19-21(17,20-6-2)14(11(3)4)16-22(18)13-9-7-12(15)8-10-13/h7-11,14,16H,5-6H2,1-4H3/t14-,22+/m0/s1. The van der Waals surface area contributed by atoms with Gasteiger partial charge in [-0.2, -0.15) is 0 Å². The van der Waals surface area contributed by atoms with Crippen LogP contribution in [0.15, 0.2) is 33.6 Å². The maximum absolute atomic E-state index is 12.9. The van der Waals surface area contributed by atoms with E-state index in [-0.39, 0.29) is 19.1 Å². The number of hydrogen-bond donors (Lipinski definition) is 1. The first-order valence-corrected chi connectivity index (χ1v) is 10.7. The molecule has 0 aliphatic heterocycles. The largest absolute Gasteiger partial charge is 0.348 e. The molecule has 0 saturated heterocycles. The lowest BCUT2D eigenvalue weighted by Gasteiger charge is -2.29. The van der Waals surface area contributed by atoms with Crippen LogP contribution in [-0.2, 0) is 24.6 Å². The molecule has 8 heteroatoms. The molecule has 0 heterocycles. The van der Waals surface area contributed by atoms with Gasteiger partial charge in [-0.05, 0) is 44.0 Å². The second kappa shape index (κ2) is 9.30. The molecule has 1 N–H and O–H groups in total. The van der Waals surface area contributed by atoms with Crippen LogP contribution in [-0.4, -0.2) is 23.2 Å². The molecule has 0 radical (unpaired) electrons. The van der Waals surface area contributed by atoms with Crippen LogP contribution in [0.1, 0.15) is 27.7 Å². The molecule has 1 rings (SSSR count). The Morgan fingerprint density at radius 3 is 2.09 bits per heavy atom. The molecule has 1 aromatic carbocycles. The lowest BCUT2D eigenvalue weighted by atomic mass is 10.2. The van der Waals surface area contributed by atoms with Crippen molar-refractivity contribution in [3.63, 3.8) is 0 Å². The van der Waals surface area contributed by atoms with Crippen molar-refractivity contribution in [1.29, 1.82) is 0 Å². The third kappa shape index (κ3) is 5.55. The minimum Gasteiger partial charge on any atom is -0.308 e. The van der Waals surface area contributed by atoms with Crippen molar-refractivity contribution in [2.45, 2.75) is 38.4 Å². The van der Waals surface area contributed by atoms with Crippen LogP contribution in [0.4, 0.5) is 0 Å². The molecular formula is C14H23BrNO4PS. The minimum atomic E-state index is -3.38. The zero-order valence-electron chi connectivity index (χ0n) is 13.2. The molecule has 0 saturated carbocycles. The van der Waals surface area contributed by atoms with Crippen molar-refractivity contribution in [3.8, 4) is 0 Å². The van der Waals surface area contributed by atoms with Gasteiger partial charge in [-0.15, -0.1) is 0 Å². The summed E-state index contributed by atoms with van der Waals surface area (Å²) in [6.45, 7) is 7.84. The first kappa shape index (κ1) is 20.0. The molecule has 1 aromatic rings. The molecule has 0 amide bonds. The second-order valence-electron chi connectivity index (χ2n) is 4.90. The van der Waals surface area contributed by atoms with Gasteiger partial charge in [0.05, 0.1) is 18.1 Å². The average Bonchev–Trinajstić information content (AvgIpc) is 2.45. The number of rotatable bonds is 9. The summed E-state index contributed by atoms with van der Waals surface area (Å²) in [6.07, 6.45) is 0. The lowest BCUT2D eigenvalue weighted by molar-refractivity contribution is 0.204. The summed E-state index contributed by atoms with van der Waals surface area (Å²) >= 11 is 3.34. The Morgan fingerprint density at radius 2 is 1.68 bits per heavy atom. The summed E-state index contributed by atoms with van der Waals surface area (Å²) in [5.74, 6) is -0.708. The Labute approximate surface area is 143 Å². The average molecular weight is 412 g/mol. The molecule has 0 aromatic heterocycles. The molecule has 0 spiro atoms. The van der Waals surface area contributed by atoms with Crippen LogP contribution < -0.4 is 4.72 Å². The van der Waals surface area contributed by atoms with Gasteiger partial charge >= 0.3 is 7.60 Å². The van der Waals surface area contributed by atoms with Crippen molar-refractivity contribution in [3.05, 3.63) is 28.7 Å². The molecule has 22 heavy (non-hydrogen) atoms. The summed E-state index contributed by atoms with van der Waals surface area (Å²) < 4.78 is 40.0. The van der Waals surface area contributed by atoms with E-state index in [0.717, 1.165) is 4.47 Å². The number of hydrogen-bond acceptors (Lipinski definition) is 4. The molecule has 0 aliphatic rings. The van der Waals surface area contributed by atoms with Gasteiger partial charge in [0.15, 0.2) is 0 Å². The van der Waals surface area contributed by atoms with Crippen molar-refractivity contribution in [2.24, 2.45) is 5.92 Å². The molecule has 126 valence electrons. The fourth-order valence-corrected chi connectivity index (χ4v) is 5.78. The Hall–Kier alpha value is -0.0400. The molecule has 5 nitrogen and oxygen atoms in total. The predicted molar refractivity (Wildman–Crippen MR) is 93.2 cm³/mol. The molecule has 0 fully saturated rings. The van der Waals surface area contributed by atoms with Crippen LogP contribution in [0.3, 0.4) is 0 Å². The molecular weight excluding hydrogens is 389 g/mol. The normalized spacial score (nSPS) is 15.0. The molecule has 0 bridgehead atoms. The van der Waals surface area contributed by atoms with Gasteiger partial charge in [0, 0.05) is 4.47 Å². The highest BCUT2D eigenvalue weighted by molar-refractivity contribution is 9.10. The van der Waals surface area contributed by atoms with Crippen molar-refractivity contribution < 1.29 is 17.8 Å². The highest BCUT2D eigenvalue weighted by atomic mass is 79.9. The van der Waals surface area contributed by atoms with Crippen LogP contribution in [0.2, 0.25) is 0 Å². The third-order valence-corrected chi connectivity index (χ3v) is 7.36. The van der Waals surface area contributed by atoms with Crippen LogP contribution in [0, 0.1) is 5.92 Å². The van der Waals surface area contributed by atoms with Gasteiger partial charge in [0.1, 0.15) is 16.8 Å². The summed E-state index contributed by atoms with van der Waals surface area (Å²) in [4.78, 5) is 0.605. The SMILES string of the molecule is CCOP(=O)(OCC)[C@H](N[S@](=O)c1ccc(Br)cc1)C(C)C. The van der Waals surface area contributed by atoms with Gasteiger partial charge in [-0.1, -0.05) is 29.8 Å². The molecule has 2 atom stereocenters. The highest BCUT2D eigenvalue weighted by Gasteiger charge is 2.39. The van der Waals surface area contributed by atoms with Gasteiger partial charge in [0.2, 0.25) is 0 Å². The van der Waals surface area contributed by atoms with Crippen molar-refractivity contribution >= 4 is 34.5 Å². The third-order valence-electron chi connectivity index (χ3n) is 2.85. The van der Waals surface area contributed by atoms with E-state index in [0.29, 0.717) is 4.90 Å². The summed E-state index contributed by atoms with van der Waals surface area (Å²) in [7, 11) is -4.88. The van der Waals surface area contributed by atoms with E-state index in [1.165, 1.54) is 0 Å². The fraction of sp³-hybridized carbons (Fsp3) is 0.571.